The summed E-state index contributed by atoms with van der Waals surface area (Å²) in [6.45, 7) is 4.34. The van der Waals surface area contributed by atoms with Crippen LogP contribution in [-0.2, 0) is 10.8 Å². The summed E-state index contributed by atoms with van der Waals surface area (Å²) in [4.78, 5) is 2.46. The van der Waals surface area contributed by atoms with Crippen molar-refractivity contribution >= 4 is 10.8 Å². The Morgan fingerprint density at radius 3 is 2.24 bits per heavy atom. The fourth-order valence-electron chi connectivity index (χ4n) is 2.92. The highest BCUT2D eigenvalue weighted by atomic mass is 32.2. The normalized spacial score (nSPS) is 27.8. The zero-order chi connectivity index (χ0) is 11.7. The fraction of sp³-hybridized carbons (Fsp3) is 1.00. The average molecular weight is 256 g/mol. The molecule has 1 N–H and O–H groups in total. The third-order valence-electron chi connectivity index (χ3n) is 4.34. The zero-order valence-electron chi connectivity index (χ0n) is 10.6. The molecule has 3 rings (SSSR count). The first-order valence-corrected chi connectivity index (χ1v) is 8.62. The molecular weight excluding hydrogens is 232 g/mol. The molecule has 0 aromatic carbocycles. The minimum absolute atomic E-state index is 0.532. The summed E-state index contributed by atoms with van der Waals surface area (Å²) in [6, 6.07) is 0.828. The Kier molecular flexibility index (Phi) is 3.83. The van der Waals surface area contributed by atoms with Crippen molar-refractivity contribution in [2.45, 2.75) is 31.7 Å². The molecule has 17 heavy (non-hydrogen) atoms. The van der Waals surface area contributed by atoms with Crippen molar-refractivity contribution in [1.29, 1.82) is 0 Å². The third kappa shape index (κ3) is 3.52. The molecule has 0 spiro atoms. The van der Waals surface area contributed by atoms with E-state index in [2.05, 4.69) is 10.2 Å². The Labute approximate surface area is 107 Å². The van der Waals surface area contributed by atoms with Crippen molar-refractivity contribution in [3.63, 3.8) is 0 Å². The maximum absolute atomic E-state index is 11.3. The Morgan fingerprint density at radius 1 is 1.12 bits per heavy atom. The Balaban J connectivity index is 1.35. The second-order valence-electron chi connectivity index (χ2n) is 5.84. The van der Waals surface area contributed by atoms with Crippen LogP contribution in [0.4, 0.5) is 0 Å². The van der Waals surface area contributed by atoms with Gasteiger partial charge in [-0.1, -0.05) is 0 Å². The van der Waals surface area contributed by atoms with Gasteiger partial charge in [-0.2, -0.15) is 0 Å². The average Bonchev–Trinajstić information content (AvgIpc) is 3.19. The van der Waals surface area contributed by atoms with Crippen molar-refractivity contribution < 1.29 is 4.21 Å². The van der Waals surface area contributed by atoms with Gasteiger partial charge in [0, 0.05) is 54.5 Å². The van der Waals surface area contributed by atoms with Gasteiger partial charge in [0.25, 0.3) is 0 Å². The molecule has 4 heteroatoms. The van der Waals surface area contributed by atoms with Gasteiger partial charge >= 0.3 is 0 Å². The zero-order valence-corrected chi connectivity index (χ0v) is 11.4. The molecule has 0 amide bonds. The molecule has 0 aromatic heterocycles. The van der Waals surface area contributed by atoms with Gasteiger partial charge in [0.15, 0.2) is 0 Å². The van der Waals surface area contributed by atoms with Gasteiger partial charge in [0.05, 0.1) is 0 Å². The predicted molar refractivity (Wildman–Crippen MR) is 71.6 cm³/mol. The van der Waals surface area contributed by atoms with Crippen molar-refractivity contribution in [2.75, 3.05) is 37.7 Å². The second-order valence-corrected chi connectivity index (χ2v) is 7.54. The fourth-order valence-corrected chi connectivity index (χ4v) is 4.05. The van der Waals surface area contributed by atoms with E-state index in [4.69, 9.17) is 0 Å². The summed E-state index contributed by atoms with van der Waals surface area (Å²) in [5.74, 6) is 3.76. The molecule has 0 radical (unpaired) electrons. The molecule has 0 bridgehead atoms. The summed E-state index contributed by atoms with van der Waals surface area (Å²) in [5, 5.41) is 3.78. The lowest BCUT2D eigenvalue weighted by Gasteiger charge is -2.27. The van der Waals surface area contributed by atoms with Crippen LogP contribution < -0.4 is 5.32 Å². The third-order valence-corrected chi connectivity index (χ3v) is 5.61. The molecule has 2 aliphatic carbocycles. The topological polar surface area (TPSA) is 32.3 Å². The first kappa shape index (κ1) is 12.1. The van der Waals surface area contributed by atoms with Gasteiger partial charge in [-0.25, -0.2) is 0 Å². The second kappa shape index (κ2) is 5.37. The van der Waals surface area contributed by atoms with Crippen LogP contribution in [0.25, 0.3) is 0 Å². The highest BCUT2D eigenvalue weighted by molar-refractivity contribution is 7.85. The van der Waals surface area contributed by atoms with Crippen LogP contribution in [0.15, 0.2) is 0 Å². The first-order valence-electron chi connectivity index (χ1n) is 7.13. The van der Waals surface area contributed by atoms with E-state index in [1.165, 1.54) is 25.7 Å². The first-order chi connectivity index (χ1) is 8.33. The summed E-state index contributed by atoms with van der Waals surface area (Å²) in [7, 11) is -0.532. The molecule has 3 aliphatic rings. The van der Waals surface area contributed by atoms with Gasteiger partial charge in [-0.3, -0.25) is 4.21 Å². The smallest absolute Gasteiger partial charge is 0.0363 e. The van der Waals surface area contributed by atoms with E-state index in [0.717, 1.165) is 55.6 Å². The summed E-state index contributed by atoms with van der Waals surface area (Å²) in [5.41, 5.74) is 0. The number of nitrogens with zero attached hydrogens (tertiary/aromatic N) is 1. The lowest BCUT2D eigenvalue weighted by atomic mass is 10.1. The van der Waals surface area contributed by atoms with Crippen LogP contribution in [-0.4, -0.2) is 52.8 Å². The van der Waals surface area contributed by atoms with Crippen LogP contribution in [0, 0.1) is 11.8 Å². The van der Waals surface area contributed by atoms with E-state index >= 15 is 0 Å². The minimum Gasteiger partial charge on any atom is -0.312 e. The molecule has 1 heterocycles. The molecule has 0 atom stereocenters. The molecule has 3 fully saturated rings. The highest BCUT2D eigenvalue weighted by Gasteiger charge is 2.40. The van der Waals surface area contributed by atoms with Crippen molar-refractivity contribution in [3.8, 4) is 0 Å². The van der Waals surface area contributed by atoms with Crippen LogP contribution in [0.3, 0.4) is 0 Å². The molecule has 3 nitrogen and oxygen atoms in total. The lowest BCUT2D eigenvalue weighted by Crippen LogP contribution is -2.44. The highest BCUT2D eigenvalue weighted by Crippen LogP contribution is 2.44. The summed E-state index contributed by atoms with van der Waals surface area (Å²) in [6.07, 6.45) is 5.82. The van der Waals surface area contributed by atoms with E-state index in [9.17, 15) is 4.21 Å². The number of nitrogens with one attached hydrogen (secondary N) is 1. The van der Waals surface area contributed by atoms with E-state index in [1.54, 1.807) is 0 Å². The largest absolute Gasteiger partial charge is 0.312 e. The molecule has 1 saturated heterocycles. The monoisotopic (exact) mass is 256 g/mol. The maximum atomic E-state index is 11.3. The van der Waals surface area contributed by atoms with Gasteiger partial charge in [0.1, 0.15) is 0 Å². The SMILES string of the molecule is O=S1CCN(CCNC(C2CC2)C2CC2)CC1. The Bertz CT molecular complexity index is 267. The lowest BCUT2D eigenvalue weighted by molar-refractivity contribution is 0.284. The number of hydrogen-bond acceptors (Lipinski definition) is 3. The summed E-state index contributed by atoms with van der Waals surface area (Å²) < 4.78 is 11.3. The minimum atomic E-state index is -0.532. The standard InChI is InChI=1S/C13H24N2OS/c16-17-9-7-15(8-10-17)6-5-14-13(11-1-2-11)12-3-4-12/h11-14H,1-10H2. The van der Waals surface area contributed by atoms with Crippen molar-refractivity contribution in [2.24, 2.45) is 11.8 Å². The Hall–Kier alpha value is 0.0700. The molecule has 0 aromatic rings. The van der Waals surface area contributed by atoms with E-state index in [0.29, 0.717) is 0 Å². The Morgan fingerprint density at radius 2 is 1.71 bits per heavy atom. The van der Waals surface area contributed by atoms with Crippen LogP contribution in [0.2, 0.25) is 0 Å². The van der Waals surface area contributed by atoms with Gasteiger partial charge < -0.3 is 10.2 Å². The van der Waals surface area contributed by atoms with Crippen LogP contribution >= 0.6 is 0 Å². The van der Waals surface area contributed by atoms with Gasteiger partial charge in [-0.15, -0.1) is 0 Å². The number of rotatable bonds is 6. The molecule has 1 aliphatic heterocycles. The van der Waals surface area contributed by atoms with E-state index in [-0.39, 0.29) is 0 Å². The predicted octanol–water partition coefficient (Wildman–Crippen LogP) is 0.829. The quantitative estimate of drug-likeness (QED) is 0.764. The van der Waals surface area contributed by atoms with Crippen molar-refractivity contribution in [3.05, 3.63) is 0 Å². The van der Waals surface area contributed by atoms with Crippen LogP contribution in [0.1, 0.15) is 25.7 Å². The molecule has 0 unspecified atom stereocenters. The van der Waals surface area contributed by atoms with E-state index < -0.39 is 10.8 Å². The summed E-state index contributed by atoms with van der Waals surface area (Å²) >= 11 is 0. The molecule has 98 valence electrons. The molecular formula is C13H24N2OS. The van der Waals surface area contributed by atoms with Crippen LogP contribution in [0.5, 0.6) is 0 Å². The van der Waals surface area contributed by atoms with Gasteiger partial charge in [-0.05, 0) is 37.5 Å². The van der Waals surface area contributed by atoms with Crippen molar-refractivity contribution in [1.82, 2.24) is 10.2 Å². The molecule has 2 saturated carbocycles. The number of hydrogen-bond donors (Lipinski definition) is 1. The maximum Gasteiger partial charge on any atom is 0.0363 e. The van der Waals surface area contributed by atoms with E-state index in [1.807, 2.05) is 0 Å². The van der Waals surface area contributed by atoms with Gasteiger partial charge in [0.2, 0.25) is 0 Å².